The second-order valence-electron chi connectivity index (χ2n) is 11.1. The van der Waals surface area contributed by atoms with Crippen molar-refractivity contribution >= 4 is 23.4 Å². The summed E-state index contributed by atoms with van der Waals surface area (Å²) in [6.45, 7) is 10.0. The van der Waals surface area contributed by atoms with Crippen LogP contribution < -0.4 is 10.1 Å². The van der Waals surface area contributed by atoms with E-state index in [9.17, 15) is 14.9 Å². The highest BCUT2D eigenvalue weighted by Crippen LogP contribution is 2.31. The molecule has 2 aromatic carbocycles. The summed E-state index contributed by atoms with van der Waals surface area (Å²) in [5.41, 5.74) is 4.09. The molecule has 9 nitrogen and oxygen atoms in total. The number of nitrogens with one attached hydrogen (secondary N) is 1. The van der Waals surface area contributed by atoms with Crippen LogP contribution in [0.5, 0.6) is 5.75 Å². The van der Waals surface area contributed by atoms with Crippen molar-refractivity contribution in [1.82, 2.24) is 9.80 Å². The number of hydrogen-bond acceptors (Lipinski definition) is 7. The Bertz CT molecular complexity index is 1220. The van der Waals surface area contributed by atoms with E-state index in [1.807, 2.05) is 4.90 Å². The molecule has 40 heavy (non-hydrogen) atoms. The molecule has 1 saturated heterocycles. The molecule has 2 heterocycles. The van der Waals surface area contributed by atoms with Crippen molar-refractivity contribution in [3.63, 3.8) is 0 Å². The van der Waals surface area contributed by atoms with Gasteiger partial charge in [-0.1, -0.05) is 31.7 Å². The zero-order chi connectivity index (χ0) is 28.1. The highest BCUT2D eigenvalue weighted by Gasteiger charge is 2.29. The molecule has 5 rings (SSSR count). The quantitative estimate of drug-likeness (QED) is 0.340. The van der Waals surface area contributed by atoms with E-state index >= 15 is 0 Å². The summed E-state index contributed by atoms with van der Waals surface area (Å²) in [5.74, 6) is 1.09. The fourth-order valence-electron chi connectivity index (χ4n) is 6.03. The number of nitro benzene ring substituents is 1. The third-order valence-electron chi connectivity index (χ3n) is 8.39. The van der Waals surface area contributed by atoms with E-state index in [0.29, 0.717) is 5.56 Å². The lowest BCUT2D eigenvalue weighted by Crippen LogP contribution is -2.51. The van der Waals surface area contributed by atoms with Crippen LogP contribution >= 0.6 is 0 Å². The number of carbonyl (C=O) groups excluding carboxylic acids is 1. The van der Waals surface area contributed by atoms with Gasteiger partial charge in [-0.3, -0.25) is 19.8 Å². The topological polar surface area (TPSA) is 97.2 Å². The third kappa shape index (κ3) is 6.82. The molecule has 0 radical (unpaired) electrons. The summed E-state index contributed by atoms with van der Waals surface area (Å²) in [6, 6.07) is 11.8. The number of rotatable bonds is 10. The van der Waals surface area contributed by atoms with E-state index in [2.05, 4.69) is 41.9 Å². The summed E-state index contributed by atoms with van der Waals surface area (Å²) in [4.78, 5) is 27.9. The standard InChI is InChI=1S/C31H40N4O5/c1-3-22-5-12-30-24(17-22)19-28(40-30)20-33-13-15-34(16-14-33)31(36)21-39-27-9-6-25(7-10-27)32-26-8-11-29(35(37)38)23(4-2)18-26/h4-5,8,11-12,17-18,25,27-28,32H,2-3,6-7,9-10,13-16,19-21H2,1H3. The molecule has 0 aromatic heterocycles. The Morgan fingerprint density at radius 2 is 1.93 bits per heavy atom. The molecular formula is C31H40N4O5. The van der Waals surface area contributed by atoms with Gasteiger partial charge in [0.1, 0.15) is 18.5 Å². The molecule has 2 fully saturated rings. The first-order valence-electron chi connectivity index (χ1n) is 14.5. The average Bonchev–Trinajstić information content (AvgIpc) is 3.38. The smallest absolute Gasteiger partial charge is 0.276 e. The van der Waals surface area contributed by atoms with E-state index in [4.69, 9.17) is 9.47 Å². The van der Waals surface area contributed by atoms with E-state index in [-0.39, 0.29) is 36.5 Å². The minimum Gasteiger partial charge on any atom is -0.488 e. The first-order valence-corrected chi connectivity index (χ1v) is 14.5. The molecule has 2 aliphatic heterocycles. The Balaban J connectivity index is 0.987. The van der Waals surface area contributed by atoms with Crippen molar-refractivity contribution in [2.75, 3.05) is 44.6 Å². The molecule has 1 saturated carbocycles. The van der Waals surface area contributed by atoms with E-state index < -0.39 is 4.92 Å². The van der Waals surface area contributed by atoms with Crippen molar-refractivity contribution < 1.29 is 19.2 Å². The number of nitrogens with zero attached hydrogens (tertiary/aromatic N) is 3. The maximum absolute atomic E-state index is 12.8. The molecule has 2 aromatic rings. The number of fused-ring (bicyclic) bond motifs is 1. The number of amides is 1. The maximum Gasteiger partial charge on any atom is 0.276 e. The van der Waals surface area contributed by atoms with Crippen LogP contribution in [0.25, 0.3) is 6.08 Å². The Morgan fingerprint density at radius 3 is 2.62 bits per heavy atom. The minimum atomic E-state index is -0.392. The lowest BCUT2D eigenvalue weighted by Gasteiger charge is -2.36. The van der Waals surface area contributed by atoms with Crippen LogP contribution in [0.3, 0.4) is 0 Å². The fourth-order valence-corrected chi connectivity index (χ4v) is 6.03. The van der Waals surface area contributed by atoms with Crippen molar-refractivity contribution in [3.8, 4) is 5.75 Å². The van der Waals surface area contributed by atoms with Crippen LogP contribution in [-0.4, -0.2) is 78.2 Å². The molecular weight excluding hydrogens is 508 g/mol. The maximum atomic E-state index is 12.8. The van der Waals surface area contributed by atoms with Gasteiger partial charge in [-0.25, -0.2) is 0 Å². The van der Waals surface area contributed by atoms with Crippen molar-refractivity contribution in [2.45, 2.75) is 63.7 Å². The van der Waals surface area contributed by atoms with E-state index in [1.54, 1.807) is 12.1 Å². The molecule has 0 spiro atoms. The van der Waals surface area contributed by atoms with Crippen LogP contribution in [0.1, 0.15) is 49.3 Å². The Hall–Kier alpha value is -3.43. The average molecular weight is 549 g/mol. The molecule has 214 valence electrons. The number of piperazine rings is 1. The Morgan fingerprint density at radius 1 is 1.15 bits per heavy atom. The summed E-state index contributed by atoms with van der Waals surface area (Å²) < 4.78 is 12.2. The number of benzene rings is 2. The number of anilines is 1. The van der Waals surface area contributed by atoms with Crippen LogP contribution in [0.15, 0.2) is 43.0 Å². The molecule has 9 heteroatoms. The minimum absolute atomic E-state index is 0.0583. The van der Waals surface area contributed by atoms with Gasteiger partial charge in [-0.15, -0.1) is 0 Å². The molecule has 1 atom stereocenters. The van der Waals surface area contributed by atoms with Gasteiger partial charge in [0.25, 0.3) is 5.69 Å². The summed E-state index contributed by atoms with van der Waals surface area (Å²) >= 11 is 0. The number of carbonyl (C=O) groups is 1. The number of hydrogen-bond donors (Lipinski definition) is 1. The van der Waals surface area contributed by atoms with E-state index in [1.165, 1.54) is 23.3 Å². The molecule has 3 aliphatic rings. The van der Waals surface area contributed by atoms with Gasteiger partial charge in [0.05, 0.1) is 16.6 Å². The van der Waals surface area contributed by atoms with Crippen molar-refractivity contribution in [3.05, 3.63) is 69.8 Å². The molecule has 1 amide bonds. The largest absolute Gasteiger partial charge is 0.488 e. The number of nitro groups is 1. The van der Waals surface area contributed by atoms with E-state index in [0.717, 1.165) is 82.7 Å². The Labute approximate surface area is 236 Å². The second kappa shape index (κ2) is 12.8. The summed E-state index contributed by atoms with van der Waals surface area (Å²) in [7, 11) is 0. The predicted molar refractivity (Wildman–Crippen MR) is 156 cm³/mol. The van der Waals surface area contributed by atoms with Crippen molar-refractivity contribution in [1.29, 1.82) is 0 Å². The zero-order valence-corrected chi connectivity index (χ0v) is 23.3. The fraction of sp³-hybridized carbons (Fsp3) is 0.516. The zero-order valence-electron chi connectivity index (χ0n) is 23.3. The van der Waals surface area contributed by atoms with Gasteiger partial charge < -0.3 is 19.7 Å². The lowest BCUT2D eigenvalue weighted by atomic mass is 9.92. The highest BCUT2D eigenvalue weighted by atomic mass is 16.6. The van der Waals surface area contributed by atoms with Gasteiger partial charge in [0.15, 0.2) is 0 Å². The lowest BCUT2D eigenvalue weighted by molar-refractivity contribution is -0.385. The van der Waals surface area contributed by atoms with Crippen LogP contribution in [0.2, 0.25) is 0 Å². The van der Waals surface area contributed by atoms with Crippen LogP contribution in [0.4, 0.5) is 11.4 Å². The van der Waals surface area contributed by atoms with Gasteiger partial charge in [-0.2, -0.15) is 0 Å². The summed E-state index contributed by atoms with van der Waals surface area (Å²) in [6.07, 6.45) is 7.37. The summed E-state index contributed by atoms with van der Waals surface area (Å²) in [5, 5.41) is 14.6. The highest BCUT2D eigenvalue weighted by molar-refractivity contribution is 5.77. The SMILES string of the molecule is C=Cc1cc(NC2CCC(OCC(=O)N3CCN(CC4Cc5cc(CC)ccc5O4)CC3)CC2)ccc1[N+](=O)[O-]. The molecule has 1 N–H and O–H groups in total. The Kier molecular flexibility index (Phi) is 9.01. The molecule has 1 unspecified atom stereocenters. The van der Waals surface area contributed by atoms with Crippen LogP contribution in [-0.2, 0) is 22.4 Å². The first-order chi connectivity index (χ1) is 19.4. The van der Waals surface area contributed by atoms with Gasteiger partial charge in [0, 0.05) is 56.9 Å². The normalized spacial score (nSPS) is 22.8. The van der Waals surface area contributed by atoms with Gasteiger partial charge >= 0.3 is 0 Å². The van der Waals surface area contributed by atoms with Gasteiger partial charge in [0.2, 0.25) is 5.91 Å². The predicted octanol–water partition coefficient (Wildman–Crippen LogP) is 4.69. The number of aryl methyl sites for hydroxylation is 1. The number of ether oxygens (including phenoxy) is 2. The van der Waals surface area contributed by atoms with Crippen molar-refractivity contribution in [2.24, 2.45) is 0 Å². The second-order valence-corrected chi connectivity index (χ2v) is 11.1. The van der Waals surface area contributed by atoms with Crippen LogP contribution in [0, 0.1) is 10.1 Å². The monoisotopic (exact) mass is 548 g/mol. The molecule has 1 aliphatic carbocycles. The first kappa shape index (κ1) is 28.1. The molecule has 0 bridgehead atoms. The third-order valence-corrected chi connectivity index (χ3v) is 8.39. The van der Waals surface area contributed by atoms with Gasteiger partial charge in [-0.05, 0) is 61.4 Å².